The van der Waals surface area contributed by atoms with E-state index in [2.05, 4.69) is 4.90 Å². The molecule has 0 radical (unpaired) electrons. The second kappa shape index (κ2) is 6.51. The Morgan fingerprint density at radius 1 is 1.50 bits per heavy atom. The standard InChI is InChI=1S/C12H16ClNO2/c1-14(6-3-7-16-2)12-5-4-10(9-15)8-11(12)13/h4-5,8-9H,3,6-7H2,1-2H3. The first kappa shape index (κ1) is 13.0. The van der Waals surface area contributed by atoms with Gasteiger partial charge in [-0.2, -0.15) is 0 Å². The van der Waals surface area contributed by atoms with E-state index in [-0.39, 0.29) is 0 Å². The topological polar surface area (TPSA) is 29.5 Å². The molecule has 0 spiro atoms. The van der Waals surface area contributed by atoms with E-state index in [0.717, 1.165) is 31.5 Å². The highest BCUT2D eigenvalue weighted by Gasteiger charge is 2.06. The molecule has 0 bridgehead atoms. The van der Waals surface area contributed by atoms with Gasteiger partial charge in [-0.1, -0.05) is 11.6 Å². The lowest BCUT2D eigenvalue weighted by Crippen LogP contribution is -2.20. The number of methoxy groups -OCH3 is 1. The van der Waals surface area contributed by atoms with Gasteiger partial charge in [-0.15, -0.1) is 0 Å². The van der Waals surface area contributed by atoms with Gasteiger partial charge in [-0.25, -0.2) is 0 Å². The molecule has 88 valence electrons. The van der Waals surface area contributed by atoms with Crippen molar-refractivity contribution in [1.82, 2.24) is 0 Å². The van der Waals surface area contributed by atoms with E-state index in [1.807, 2.05) is 13.1 Å². The highest BCUT2D eigenvalue weighted by molar-refractivity contribution is 6.33. The van der Waals surface area contributed by atoms with E-state index in [0.29, 0.717) is 10.6 Å². The third-order valence-corrected chi connectivity index (χ3v) is 2.66. The molecule has 0 atom stereocenters. The van der Waals surface area contributed by atoms with Crippen LogP contribution >= 0.6 is 11.6 Å². The Kier molecular flexibility index (Phi) is 5.29. The van der Waals surface area contributed by atoms with Crippen molar-refractivity contribution in [2.45, 2.75) is 6.42 Å². The molecule has 1 rings (SSSR count). The number of carbonyl (C=O) groups is 1. The summed E-state index contributed by atoms with van der Waals surface area (Å²) in [6.45, 7) is 1.60. The molecular weight excluding hydrogens is 226 g/mol. The molecule has 0 amide bonds. The summed E-state index contributed by atoms with van der Waals surface area (Å²) >= 11 is 6.08. The third-order valence-electron chi connectivity index (χ3n) is 2.36. The summed E-state index contributed by atoms with van der Waals surface area (Å²) in [6, 6.07) is 5.30. The van der Waals surface area contributed by atoms with Gasteiger partial charge in [0.2, 0.25) is 0 Å². The summed E-state index contributed by atoms with van der Waals surface area (Å²) in [5.74, 6) is 0. The Hall–Kier alpha value is -1.06. The SMILES string of the molecule is COCCCN(C)c1ccc(C=O)cc1Cl. The predicted octanol–water partition coefficient (Wildman–Crippen LogP) is 2.63. The second-order valence-electron chi connectivity index (χ2n) is 3.60. The lowest BCUT2D eigenvalue weighted by atomic mass is 10.2. The minimum atomic E-state index is 0.596. The Labute approximate surface area is 101 Å². The number of aldehydes is 1. The third kappa shape index (κ3) is 3.51. The van der Waals surface area contributed by atoms with Crippen molar-refractivity contribution in [3.05, 3.63) is 28.8 Å². The number of nitrogens with zero attached hydrogens (tertiary/aromatic N) is 1. The first-order chi connectivity index (χ1) is 7.69. The van der Waals surface area contributed by atoms with E-state index in [1.54, 1.807) is 19.2 Å². The maximum atomic E-state index is 10.6. The molecule has 1 aromatic carbocycles. The number of hydrogen-bond donors (Lipinski definition) is 0. The smallest absolute Gasteiger partial charge is 0.150 e. The van der Waals surface area contributed by atoms with Crippen LogP contribution in [0.3, 0.4) is 0 Å². The van der Waals surface area contributed by atoms with Crippen molar-refractivity contribution in [3.63, 3.8) is 0 Å². The van der Waals surface area contributed by atoms with Crippen molar-refractivity contribution in [3.8, 4) is 0 Å². The number of ether oxygens (including phenoxy) is 1. The quantitative estimate of drug-likeness (QED) is 0.567. The summed E-state index contributed by atoms with van der Waals surface area (Å²) in [7, 11) is 3.66. The average Bonchev–Trinajstić information content (AvgIpc) is 2.29. The molecule has 16 heavy (non-hydrogen) atoms. The highest BCUT2D eigenvalue weighted by atomic mass is 35.5. The molecule has 4 heteroatoms. The summed E-state index contributed by atoms with van der Waals surface area (Å²) in [4.78, 5) is 12.6. The largest absolute Gasteiger partial charge is 0.385 e. The first-order valence-electron chi connectivity index (χ1n) is 5.14. The zero-order valence-electron chi connectivity index (χ0n) is 9.57. The van der Waals surface area contributed by atoms with Gasteiger partial charge in [0.05, 0.1) is 10.7 Å². The number of rotatable bonds is 6. The molecule has 0 aliphatic carbocycles. The van der Waals surface area contributed by atoms with Gasteiger partial charge >= 0.3 is 0 Å². The Morgan fingerprint density at radius 2 is 2.25 bits per heavy atom. The van der Waals surface area contributed by atoms with E-state index in [1.165, 1.54) is 0 Å². The molecule has 1 aromatic rings. The van der Waals surface area contributed by atoms with Gasteiger partial charge < -0.3 is 9.64 Å². The van der Waals surface area contributed by atoms with E-state index in [9.17, 15) is 4.79 Å². The Balaban J connectivity index is 2.68. The van der Waals surface area contributed by atoms with Crippen molar-refractivity contribution in [2.75, 3.05) is 32.2 Å². The molecule has 0 heterocycles. The number of carbonyl (C=O) groups excluding carboxylic acids is 1. The Morgan fingerprint density at radius 3 is 2.81 bits per heavy atom. The lowest BCUT2D eigenvalue weighted by Gasteiger charge is -2.20. The zero-order valence-corrected chi connectivity index (χ0v) is 10.3. The van der Waals surface area contributed by atoms with Gasteiger partial charge in [0, 0.05) is 32.9 Å². The molecule has 0 aliphatic rings. The van der Waals surface area contributed by atoms with Crippen LogP contribution in [0.5, 0.6) is 0 Å². The fraction of sp³-hybridized carbons (Fsp3) is 0.417. The van der Waals surface area contributed by atoms with Gasteiger partial charge in [-0.05, 0) is 24.6 Å². The van der Waals surface area contributed by atoms with E-state index >= 15 is 0 Å². The molecule has 0 fully saturated rings. The van der Waals surface area contributed by atoms with E-state index in [4.69, 9.17) is 16.3 Å². The minimum Gasteiger partial charge on any atom is -0.385 e. The number of benzene rings is 1. The average molecular weight is 242 g/mol. The van der Waals surface area contributed by atoms with Crippen molar-refractivity contribution in [1.29, 1.82) is 0 Å². The molecule has 0 aromatic heterocycles. The zero-order chi connectivity index (χ0) is 12.0. The Bertz CT molecular complexity index is 355. The van der Waals surface area contributed by atoms with Gasteiger partial charge in [0.1, 0.15) is 6.29 Å². The van der Waals surface area contributed by atoms with Crippen LogP contribution in [-0.4, -0.2) is 33.6 Å². The number of hydrogen-bond acceptors (Lipinski definition) is 3. The van der Waals surface area contributed by atoms with Crippen LogP contribution in [0.4, 0.5) is 5.69 Å². The fourth-order valence-electron chi connectivity index (χ4n) is 1.47. The predicted molar refractivity (Wildman–Crippen MR) is 66.6 cm³/mol. The monoisotopic (exact) mass is 241 g/mol. The highest BCUT2D eigenvalue weighted by Crippen LogP contribution is 2.25. The van der Waals surface area contributed by atoms with Gasteiger partial charge in [-0.3, -0.25) is 4.79 Å². The van der Waals surface area contributed by atoms with Crippen molar-refractivity contribution < 1.29 is 9.53 Å². The van der Waals surface area contributed by atoms with Crippen molar-refractivity contribution >= 4 is 23.6 Å². The number of halogens is 1. The number of anilines is 1. The molecule has 0 saturated heterocycles. The minimum absolute atomic E-state index is 0.596. The summed E-state index contributed by atoms with van der Waals surface area (Å²) < 4.78 is 4.99. The maximum absolute atomic E-state index is 10.6. The molecule has 0 unspecified atom stereocenters. The van der Waals surface area contributed by atoms with Crippen LogP contribution in [0, 0.1) is 0 Å². The molecule has 0 aliphatic heterocycles. The summed E-state index contributed by atoms with van der Waals surface area (Å²) in [5.41, 5.74) is 1.53. The molecule has 0 saturated carbocycles. The maximum Gasteiger partial charge on any atom is 0.150 e. The van der Waals surface area contributed by atoms with Gasteiger partial charge in [0.15, 0.2) is 0 Å². The van der Waals surface area contributed by atoms with Crippen LogP contribution in [-0.2, 0) is 4.74 Å². The van der Waals surface area contributed by atoms with Gasteiger partial charge in [0.25, 0.3) is 0 Å². The van der Waals surface area contributed by atoms with Crippen LogP contribution in [0.25, 0.3) is 0 Å². The molecule has 3 nitrogen and oxygen atoms in total. The van der Waals surface area contributed by atoms with E-state index < -0.39 is 0 Å². The van der Waals surface area contributed by atoms with Crippen molar-refractivity contribution in [2.24, 2.45) is 0 Å². The fourth-order valence-corrected chi connectivity index (χ4v) is 1.81. The van der Waals surface area contributed by atoms with Crippen LogP contribution in [0.15, 0.2) is 18.2 Å². The normalized spacial score (nSPS) is 10.2. The van der Waals surface area contributed by atoms with Crippen LogP contribution < -0.4 is 4.90 Å². The van der Waals surface area contributed by atoms with Crippen LogP contribution in [0.1, 0.15) is 16.8 Å². The summed E-state index contributed by atoms with van der Waals surface area (Å²) in [6.07, 6.45) is 1.74. The lowest BCUT2D eigenvalue weighted by molar-refractivity contribution is 0.112. The van der Waals surface area contributed by atoms with Crippen LogP contribution in [0.2, 0.25) is 5.02 Å². The molecule has 0 N–H and O–H groups in total. The second-order valence-corrected chi connectivity index (χ2v) is 4.00. The first-order valence-corrected chi connectivity index (χ1v) is 5.51. The summed E-state index contributed by atoms with van der Waals surface area (Å²) in [5, 5.41) is 0.601. The molecular formula is C12H16ClNO2.